The highest BCUT2D eigenvalue weighted by molar-refractivity contribution is 6.34. The first-order valence-corrected chi connectivity index (χ1v) is 6.09. The van der Waals surface area contributed by atoms with Gasteiger partial charge in [0, 0.05) is 11.4 Å². The van der Waals surface area contributed by atoms with Gasteiger partial charge in [-0.1, -0.05) is 29.8 Å². The molecular formula is C14H9ClN4. The van der Waals surface area contributed by atoms with Crippen molar-refractivity contribution in [1.82, 2.24) is 14.5 Å². The summed E-state index contributed by atoms with van der Waals surface area (Å²) < 4.78 is 1.91. The molecule has 0 aliphatic rings. The van der Waals surface area contributed by atoms with Gasteiger partial charge in [0.1, 0.15) is 23.4 Å². The zero-order valence-corrected chi connectivity index (χ0v) is 10.9. The van der Waals surface area contributed by atoms with E-state index in [0.29, 0.717) is 21.7 Å². The lowest BCUT2D eigenvalue weighted by molar-refractivity contribution is 1.04. The van der Waals surface area contributed by atoms with Crippen LogP contribution in [-0.2, 0) is 0 Å². The molecule has 0 fully saturated rings. The molecule has 0 aliphatic carbocycles. The van der Waals surface area contributed by atoms with Crippen molar-refractivity contribution >= 4 is 22.6 Å². The minimum Gasteiger partial charge on any atom is -0.308 e. The van der Waals surface area contributed by atoms with Crippen molar-refractivity contribution in [2.24, 2.45) is 0 Å². The summed E-state index contributed by atoms with van der Waals surface area (Å²) in [6.07, 6.45) is 1.38. The third-order valence-electron chi connectivity index (χ3n) is 3.06. The zero-order valence-electron chi connectivity index (χ0n) is 10.1. The molecule has 0 spiro atoms. The number of nitriles is 1. The maximum absolute atomic E-state index is 9.30. The normalized spacial score (nSPS) is 10.6. The SMILES string of the molecule is Cc1c(C#N)c2ncnc(Cl)c2n1-c1ccccc1. The molecule has 0 aliphatic heterocycles. The van der Waals surface area contributed by atoms with E-state index in [1.165, 1.54) is 6.33 Å². The fourth-order valence-corrected chi connectivity index (χ4v) is 2.44. The maximum Gasteiger partial charge on any atom is 0.157 e. The molecular weight excluding hydrogens is 260 g/mol. The molecule has 5 heteroatoms. The third kappa shape index (κ3) is 1.67. The van der Waals surface area contributed by atoms with Gasteiger partial charge in [-0.25, -0.2) is 9.97 Å². The van der Waals surface area contributed by atoms with Gasteiger partial charge in [0.15, 0.2) is 5.15 Å². The highest BCUT2D eigenvalue weighted by Crippen LogP contribution is 2.30. The van der Waals surface area contributed by atoms with Gasteiger partial charge in [-0.15, -0.1) is 0 Å². The molecule has 0 radical (unpaired) electrons. The standard InChI is InChI=1S/C14H9ClN4/c1-9-11(7-16)12-13(14(15)18-8-17-12)19(9)10-5-3-2-4-6-10/h2-6,8H,1H3. The summed E-state index contributed by atoms with van der Waals surface area (Å²) in [5.74, 6) is 0. The summed E-state index contributed by atoms with van der Waals surface area (Å²) in [7, 11) is 0. The first-order valence-electron chi connectivity index (χ1n) is 5.71. The first kappa shape index (κ1) is 11.7. The third-order valence-corrected chi connectivity index (χ3v) is 3.34. The number of benzene rings is 1. The number of hydrogen-bond donors (Lipinski definition) is 0. The largest absolute Gasteiger partial charge is 0.308 e. The fourth-order valence-electron chi connectivity index (χ4n) is 2.22. The number of aromatic nitrogens is 3. The van der Waals surface area contributed by atoms with Crippen LogP contribution >= 0.6 is 11.6 Å². The first-order chi connectivity index (χ1) is 9.24. The van der Waals surface area contributed by atoms with Crippen LogP contribution in [-0.4, -0.2) is 14.5 Å². The summed E-state index contributed by atoms with van der Waals surface area (Å²) in [5.41, 5.74) is 3.53. The number of nitrogens with zero attached hydrogens (tertiary/aromatic N) is 4. The highest BCUT2D eigenvalue weighted by atomic mass is 35.5. The Morgan fingerprint density at radius 2 is 1.95 bits per heavy atom. The molecule has 0 amide bonds. The molecule has 92 valence electrons. The van der Waals surface area contributed by atoms with Gasteiger partial charge in [-0.3, -0.25) is 0 Å². The second-order valence-electron chi connectivity index (χ2n) is 4.10. The second kappa shape index (κ2) is 4.38. The average Bonchev–Trinajstić information content (AvgIpc) is 2.73. The molecule has 3 aromatic rings. The summed E-state index contributed by atoms with van der Waals surface area (Å²) in [5, 5.41) is 9.65. The summed E-state index contributed by atoms with van der Waals surface area (Å²) in [6.45, 7) is 1.88. The van der Waals surface area contributed by atoms with Crippen LogP contribution in [0.2, 0.25) is 5.15 Å². The smallest absolute Gasteiger partial charge is 0.157 e. The Morgan fingerprint density at radius 3 is 2.63 bits per heavy atom. The monoisotopic (exact) mass is 268 g/mol. The Morgan fingerprint density at radius 1 is 1.21 bits per heavy atom. The van der Waals surface area contributed by atoms with Gasteiger partial charge < -0.3 is 4.57 Å². The predicted octanol–water partition coefficient (Wildman–Crippen LogP) is 3.25. The maximum atomic E-state index is 9.30. The van der Waals surface area contributed by atoms with E-state index >= 15 is 0 Å². The summed E-state index contributed by atoms with van der Waals surface area (Å²) in [6, 6.07) is 11.9. The fraction of sp³-hybridized carbons (Fsp3) is 0.0714. The lowest BCUT2D eigenvalue weighted by atomic mass is 10.2. The van der Waals surface area contributed by atoms with Gasteiger partial charge >= 0.3 is 0 Å². The van der Waals surface area contributed by atoms with Gasteiger partial charge in [-0.2, -0.15) is 5.26 Å². The van der Waals surface area contributed by atoms with E-state index in [9.17, 15) is 5.26 Å². The Hall–Kier alpha value is -2.38. The van der Waals surface area contributed by atoms with E-state index < -0.39 is 0 Å². The van der Waals surface area contributed by atoms with Crippen LogP contribution in [0.1, 0.15) is 11.3 Å². The number of hydrogen-bond acceptors (Lipinski definition) is 3. The van der Waals surface area contributed by atoms with Crippen molar-refractivity contribution in [3.05, 3.63) is 53.1 Å². The summed E-state index contributed by atoms with van der Waals surface area (Å²) >= 11 is 6.17. The van der Waals surface area contributed by atoms with Crippen molar-refractivity contribution in [3.8, 4) is 11.8 Å². The number of fused-ring (bicyclic) bond motifs is 1. The van der Waals surface area contributed by atoms with Gasteiger partial charge in [-0.05, 0) is 19.1 Å². The zero-order chi connectivity index (χ0) is 13.4. The molecule has 0 N–H and O–H groups in total. The minimum atomic E-state index is 0.346. The molecule has 2 heterocycles. The number of rotatable bonds is 1. The second-order valence-corrected chi connectivity index (χ2v) is 4.46. The molecule has 3 rings (SSSR count). The topological polar surface area (TPSA) is 54.5 Å². The van der Waals surface area contributed by atoms with E-state index in [2.05, 4.69) is 16.0 Å². The van der Waals surface area contributed by atoms with Crippen molar-refractivity contribution in [2.75, 3.05) is 0 Å². The van der Waals surface area contributed by atoms with Crippen LogP contribution in [0, 0.1) is 18.3 Å². The molecule has 19 heavy (non-hydrogen) atoms. The van der Waals surface area contributed by atoms with E-state index in [-0.39, 0.29) is 0 Å². The van der Waals surface area contributed by atoms with E-state index in [0.717, 1.165) is 11.4 Å². The lowest BCUT2D eigenvalue weighted by Crippen LogP contribution is -1.97. The van der Waals surface area contributed by atoms with Gasteiger partial charge in [0.2, 0.25) is 0 Å². The van der Waals surface area contributed by atoms with Crippen LogP contribution in [0.4, 0.5) is 0 Å². The Kier molecular flexibility index (Phi) is 2.69. The van der Waals surface area contributed by atoms with E-state index in [1.807, 2.05) is 41.8 Å². The van der Waals surface area contributed by atoms with E-state index in [1.54, 1.807) is 0 Å². The molecule has 0 unspecified atom stereocenters. The Balaban J connectivity index is 2.50. The van der Waals surface area contributed by atoms with Crippen LogP contribution in [0.3, 0.4) is 0 Å². The van der Waals surface area contributed by atoms with Crippen LogP contribution in [0.5, 0.6) is 0 Å². The van der Waals surface area contributed by atoms with Crippen molar-refractivity contribution in [2.45, 2.75) is 6.92 Å². The predicted molar refractivity (Wildman–Crippen MR) is 73.3 cm³/mol. The van der Waals surface area contributed by atoms with Crippen molar-refractivity contribution in [1.29, 1.82) is 5.26 Å². The number of halogens is 1. The van der Waals surface area contributed by atoms with Gasteiger partial charge in [0.25, 0.3) is 0 Å². The van der Waals surface area contributed by atoms with Gasteiger partial charge in [0.05, 0.1) is 5.56 Å². The quantitative estimate of drug-likeness (QED) is 0.637. The molecule has 4 nitrogen and oxygen atoms in total. The molecule has 1 aromatic carbocycles. The van der Waals surface area contributed by atoms with Crippen molar-refractivity contribution < 1.29 is 0 Å². The Labute approximate surface area is 114 Å². The van der Waals surface area contributed by atoms with Crippen LogP contribution in [0.15, 0.2) is 36.7 Å². The Bertz CT molecular complexity index is 800. The minimum absolute atomic E-state index is 0.346. The van der Waals surface area contributed by atoms with E-state index in [4.69, 9.17) is 11.6 Å². The highest BCUT2D eigenvalue weighted by Gasteiger charge is 2.18. The van der Waals surface area contributed by atoms with Crippen LogP contribution in [0.25, 0.3) is 16.7 Å². The molecule has 0 saturated carbocycles. The lowest BCUT2D eigenvalue weighted by Gasteiger charge is -2.08. The molecule has 0 atom stereocenters. The summed E-state index contributed by atoms with van der Waals surface area (Å²) in [4.78, 5) is 8.19. The van der Waals surface area contributed by atoms with Crippen molar-refractivity contribution in [3.63, 3.8) is 0 Å². The molecule has 0 saturated heterocycles. The number of para-hydroxylation sites is 1. The molecule has 2 aromatic heterocycles. The van der Waals surface area contributed by atoms with Crippen LogP contribution < -0.4 is 0 Å². The molecule has 0 bridgehead atoms. The average molecular weight is 269 g/mol.